The highest BCUT2D eigenvalue weighted by atomic mass is 32.2. The third kappa shape index (κ3) is 3.60. The molecule has 0 fully saturated rings. The Balaban J connectivity index is 2.29. The predicted octanol–water partition coefficient (Wildman–Crippen LogP) is 3.82. The Labute approximate surface area is 122 Å². The van der Waals surface area contributed by atoms with Crippen molar-refractivity contribution >= 4 is 29.1 Å². The van der Waals surface area contributed by atoms with Gasteiger partial charge in [0.15, 0.2) is 5.16 Å². The molecule has 2 aromatic rings. The maximum atomic E-state index is 13.8. The lowest BCUT2D eigenvalue weighted by Crippen LogP contribution is -2.04. The van der Waals surface area contributed by atoms with Crippen molar-refractivity contribution in [3.63, 3.8) is 0 Å². The summed E-state index contributed by atoms with van der Waals surface area (Å²) in [5.41, 5.74) is 1.29. The van der Waals surface area contributed by atoms with Crippen LogP contribution < -0.4 is 10.6 Å². The van der Waals surface area contributed by atoms with Gasteiger partial charge in [0.1, 0.15) is 17.5 Å². The van der Waals surface area contributed by atoms with Crippen LogP contribution in [0.2, 0.25) is 0 Å². The average Bonchev–Trinajstić information content (AvgIpc) is 2.42. The van der Waals surface area contributed by atoms with Crippen LogP contribution in [-0.4, -0.2) is 22.8 Å². The Bertz CT molecular complexity index is 604. The van der Waals surface area contributed by atoms with Crippen LogP contribution in [-0.2, 0) is 0 Å². The third-order valence-corrected chi connectivity index (χ3v) is 3.18. The molecule has 0 atom stereocenters. The largest absolute Gasteiger partial charge is 0.370 e. The summed E-state index contributed by atoms with van der Waals surface area (Å²) in [7, 11) is 0. The molecule has 20 heavy (non-hydrogen) atoms. The smallest absolute Gasteiger partial charge is 0.191 e. The molecule has 1 aromatic heterocycles. The first-order valence-corrected chi connectivity index (χ1v) is 7.55. The van der Waals surface area contributed by atoms with Gasteiger partial charge in [0.25, 0.3) is 0 Å². The van der Waals surface area contributed by atoms with E-state index in [1.807, 2.05) is 26.2 Å². The summed E-state index contributed by atoms with van der Waals surface area (Å²) in [5.74, 6) is 1.00. The van der Waals surface area contributed by atoms with Gasteiger partial charge in [0.2, 0.25) is 0 Å². The maximum Gasteiger partial charge on any atom is 0.191 e. The molecule has 106 valence electrons. The molecule has 0 aliphatic carbocycles. The van der Waals surface area contributed by atoms with Crippen LogP contribution in [0.1, 0.15) is 12.5 Å². The Hall–Kier alpha value is -1.82. The molecule has 0 saturated carbocycles. The minimum atomic E-state index is -0.292. The van der Waals surface area contributed by atoms with E-state index in [1.165, 1.54) is 17.8 Å². The molecule has 0 bridgehead atoms. The summed E-state index contributed by atoms with van der Waals surface area (Å²) >= 11 is 1.44. The summed E-state index contributed by atoms with van der Waals surface area (Å²) in [6, 6.07) is 6.82. The van der Waals surface area contributed by atoms with Crippen LogP contribution in [0.5, 0.6) is 0 Å². The molecule has 0 amide bonds. The lowest BCUT2D eigenvalue weighted by Gasteiger charge is -2.10. The molecular formula is C14H17FN4S. The molecular weight excluding hydrogens is 275 g/mol. The van der Waals surface area contributed by atoms with Crippen LogP contribution >= 0.6 is 11.8 Å². The minimum Gasteiger partial charge on any atom is -0.370 e. The molecule has 4 nitrogen and oxygen atoms in total. The zero-order chi connectivity index (χ0) is 14.5. The van der Waals surface area contributed by atoms with E-state index in [4.69, 9.17) is 0 Å². The number of thioether (sulfide) groups is 1. The standard InChI is InChI=1S/C14H17FN4S/c1-4-16-12-8-13(19-14(18-12)20-3)17-11-6-5-9(2)7-10(11)15/h5-8H,4H2,1-3H3,(H2,16,17,18,19). The van der Waals surface area contributed by atoms with Gasteiger partial charge in [-0.05, 0) is 37.8 Å². The molecule has 6 heteroatoms. The second-order valence-electron chi connectivity index (χ2n) is 4.26. The molecule has 2 rings (SSSR count). The van der Waals surface area contributed by atoms with Crippen molar-refractivity contribution in [3.8, 4) is 0 Å². The first-order valence-electron chi connectivity index (χ1n) is 6.32. The molecule has 1 heterocycles. The van der Waals surface area contributed by atoms with Gasteiger partial charge >= 0.3 is 0 Å². The molecule has 2 N–H and O–H groups in total. The van der Waals surface area contributed by atoms with Crippen LogP contribution in [0.25, 0.3) is 0 Å². The van der Waals surface area contributed by atoms with E-state index in [1.54, 1.807) is 12.1 Å². The topological polar surface area (TPSA) is 49.8 Å². The minimum absolute atomic E-state index is 0.292. The molecule has 0 aliphatic rings. The number of anilines is 3. The van der Waals surface area contributed by atoms with Gasteiger partial charge in [-0.3, -0.25) is 0 Å². The van der Waals surface area contributed by atoms with Crippen molar-refractivity contribution < 1.29 is 4.39 Å². The van der Waals surface area contributed by atoms with E-state index in [-0.39, 0.29) is 5.82 Å². The van der Waals surface area contributed by atoms with E-state index in [0.29, 0.717) is 16.7 Å². The van der Waals surface area contributed by atoms with Crippen molar-refractivity contribution in [2.24, 2.45) is 0 Å². The second-order valence-corrected chi connectivity index (χ2v) is 5.04. The number of nitrogens with zero attached hydrogens (tertiary/aromatic N) is 2. The summed E-state index contributed by atoms with van der Waals surface area (Å²) in [6.45, 7) is 4.61. The first-order chi connectivity index (χ1) is 9.62. The fourth-order valence-electron chi connectivity index (χ4n) is 1.71. The van der Waals surface area contributed by atoms with E-state index in [2.05, 4.69) is 20.6 Å². The van der Waals surface area contributed by atoms with Crippen molar-refractivity contribution in [3.05, 3.63) is 35.6 Å². The maximum absolute atomic E-state index is 13.8. The highest BCUT2D eigenvalue weighted by molar-refractivity contribution is 7.98. The van der Waals surface area contributed by atoms with E-state index >= 15 is 0 Å². The number of hydrogen-bond donors (Lipinski definition) is 2. The predicted molar refractivity (Wildman–Crippen MR) is 82.4 cm³/mol. The van der Waals surface area contributed by atoms with Gasteiger partial charge in [-0.15, -0.1) is 0 Å². The zero-order valence-corrected chi connectivity index (χ0v) is 12.5. The monoisotopic (exact) mass is 292 g/mol. The molecule has 0 aliphatic heterocycles. The van der Waals surface area contributed by atoms with Crippen molar-refractivity contribution in [1.29, 1.82) is 0 Å². The first kappa shape index (κ1) is 14.6. The van der Waals surface area contributed by atoms with E-state index < -0.39 is 0 Å². The summed E-state index contributed by atoms with van der Waals surface area (Å²) in [5, 5.41) is 6.76. The van der Waals surface area contributed by atoms with Gasteiger partial charge < -0.3 is 10.6 Å². The number of aryl methyl sites for hydroxylation is 1. The van der Waals surface area contributed by atoms with Gasteiger partial charge in [0.05, 0.1) is 5.69 Å². The van der Waals surface area contributed by atoms with Gasteiger partial charge in [-0.25, -0.2) is 14.4 Å². The Morgan fingerprint density at radius 2 is 1.95 bits per heavy atom. The van der Waals surface area contributed by atoms with E-state index in [0.717, 1.165) is 17.9 Å². The number of rotatable bonds is 5. The Morgan fingerprint density at radius 3 is 2.60 bits per heavy atom. The second kappa shape index (κ2) is 6.56. The number of aromatic nitrogens is 2. The van der Waals surface area contributed by atoms with Gasteiger partial charge in [-0.2, -0.15) is 0 Å². The zero-order valence-electron chi connectivity index (χ0n) is 11.7. The highest BCUT2D eigenvalue weighted by Gasteiger charge is 2.07. The lowest BCUT2D eigenvalue weighted by molar-refractivity contribution is 0.630. The fraction of sp³-hybridized carbons (Fsp3) is 0.286. The quantitative estimate of drug-likeness (QED) is 0.648. The molecule has 0 spiro atoms. The molecule has 1 aromatic carbocycles. The van der Waals surface area contributed by atoms with Crippen molar-refractivity contribution in [2.45, 2.75) is 19.0 Å². The molecule has 0 saturated heterocycles. The summed E-state index contributed by atoms with van der Waals surface area (Å²) in [6.07, 6.45) is 1.90. The number of benzene rings is 1. The third-order valence-electron chi connectivity index (χ3n) is 2.63. The van der Waals surface area contributed by atoms with Gasteiger partial charge in [0, 0.05) is 12.6 Å². The van der Waals surface area contributed by atoms with E-state index in [9.17, 15) is 4.39 Å². The lowest BCUT2D eigenvalue weighted by atomic mass is 10.2. The SMILES string of the molecule is CCNc1cc(Nc2ccc(C)cc2F)nc(SC)n1. The van der Waals surface area contributed by atoms with Crippen LogP contribution in [0.4, 0.5) is 21.7 Å². The number of nitrogens with one attached hydrogen (secondary N) is 2. The number of hydrogen-bond acceptors (Lipinski definition) is 5. The summed E-state index contributed by atoms with van der Waals surface area (Å²) < 4.78 is 13.8. The Morgan fingerprint density at radius 1 is 1.20 bits per heavy atom. The van der Waals surface area contributed by atoms with Gasteiger partial charge in [-0.1, -0.05) is 17.8 Å². The normalized spacial score (nSPS) is 10.4. The Kier molecular flexibility index (Phi) is 4.79. The average molecular weight is 292 g/mol. The molecule has 0 radical (unpaired) electrons. The van der Waals surface area contributed by atoms with Crippen molar-refractivity contribution in [1.82, 2.24) is 9.97 Å². The van der Waals surface area contributed by atoms with Crippen molar-refractivity contribution in [2.75, 3.05) is 23.4 Å². The highest BCUT2D eigenvalue weighted by Crippen LogP contribution is 2.23. The molecule has 0 unspecified atom stereocenters. The number of halogens is 1. The van der Waals surface area contributed by atoms with Crippen LogP contribution in [0, 0.1) is 12.7 Å². The fourth-order valence-corrected chi connectivity index (χ4v) is 2.09. The van der Waals surface area contributed by atoms with Crippen LogP contribution in [0.15, 0.2) is 29.4 Å². The van der Waals surface area contributed by atoms with Crippen LogP contribution in [0.3, 0.4) is 0 Å². The summed E-state index contributed by atoms with van der Waals surface area (Å²) in [4.78, 5) is 8.65.